The molecule has 0 aromatic carbocycles. The van der Waals surface area contributed by atoms with Crippen molar-refractivity contribution < 1.29 is 0 Å². The molecule has 0 spiro atoms. The van der Waals surface area contributed by atoms with E-state index in [0.717, 1.165) is 11.8 Å². The SMILES string of the molecule is C=C1CCC2CSCC2C1. The van der Waals surface area contributed by atoms with Gasteiger partial charge in [-0.25, -0.2) is 0 Å². The number of allylic oxidation sites excluding steroid dienone is 1. The minimum atomic E-state index is 1.01. The molecule has 1 heterocycles. The molecule has 2 fully saturated rings. The van der Waals surface area contributed by atoms with Crippen LogP contribution < -0.4 is 0 Å². The maximum atomic E-state index is 4.07. The number of hydrogen-bond acceptors (Lipinski definition) is 1. The van der Waals surface area contributed by atoms with E-state index in [1.165, 1.54) is 36.3 Å². The van der Waals surface area contributed by atoms with E-state index >= 15 is 0 Å². The van der Waals surface area contributed by atoms with E-state index in [2.05, 4.69) is 18.3 Å². The maximum absolute atomic E-state index is 4.07. The van der Waals surface area contributed by atoms with Crippen molar-refractivity contribution in [2.45, 2.75) is 19.3 Å². The monoisotopic (exact) mass is 154 g/mol. The molecule has 2 rings (SSSR count). The lowest BCUT2D eigenvalue weighted by molar-refractivity contribution is 0.350. The summed E-state index contributed by atoms with van der Waals surface area (Å²) in [7, 11) is 0. The van der Waals surface area contributed by atoms with Crippen molar-refractivity contribution in [3.63, 3.8) is 0 Å². The summed E-state index contributed by atoms with van der Waals surface area (Å²) in [5.41, 5.74) is 1.50. The van der Waals surface area contributed by atoms with Crippen molar-refractivity contribution in [3.05, 3.63) is 12.2 Å². The highest BCUT2D eigenvalue weighted by Crippen LogP contribution is 2.41. The molecule has 0 amide bonds. The fraction of sp³-hybridized carbons (Fsp3) is 0.778. The molecule has 56 valence electrons. The normalized spacial score (nSPS) is 39.8. The number of rotatable bonds is 0. The third kappa shape index (κ3) is 1.12. The van der Waals surface area contributed by atoms with E-state index in [4.69, 9.17) is 0 Å². The van der Waals surface area contributed by atoms with Crippen LogP contribution in [-0.4, -0.2) is 11.5 Å². The summed E-state index contributed by atoms with van der Waals surface area (Å²) in [5.74, 6) is 4.89. The van der Waals surface area contributed by atoms with E-state index in [1.807, 2.05) is 0 Å². The number of thioether (sulfide) groups is 1. The van der Waals surface area contributed by atoms with Crippen molar-refractivity contribution in [2.75, 3.05) is 11.5 Å². The van der Waals surface area contributed by atoms with Crippen LogP contribution in [0.2, 0.25) is 0 Å². The van der Waals surface area contributed by atoms with E-state index < -0.39 is 0 Å². The first-order chi connectivity index (χ1) is 4.86. The first kappa shape index (κ1) is 6.78. The minimum absolute atomic E-state index is 1.01. The zero-order chi connectivity index (χ0) is 6.97. The first-order valence-corrected chi connectivity index (χ1v) is 5.26. The quantitative estimate of drug-likeness (QED) is 0.483. The first-order valence-electron chi connectivity index (χ1n) is 4.10. The molecular formula is C9H14S. The molecule has 1 aliphatic heterocycles. The highest BCUT2D eigenvalue weighted by atomic mass is 32.2. The van der Waals surface area contributed by atoms with E-state index in [-0.39, 0.29) is 0 Å². The molecular weight excluding hydrogens is 140 g/mol. The second-order valence-electron chi connectivity index (χ2n) is 3.55. The molecule has 0 bridgehead atoms. The minimum Gasteiger partial charge on any atom is -0.161 e. The average molecular weight is 154 g/mol. The summed E-state index contributed by atoms with van der Waals surface area (Å²) in [6.07, 6.45) is 4.07. The zero-order valence-electron chi connectivity index (χ0n) is 6.31. The van der Waals surface area contributed by atoms with Crippen LogP contribution in [0.25, 0.3) is 0 Å². The fourth-order valence-electron chi connectivity index (χ4n) is 2.05. The molecule has 1 heteroatoms. The van der Waals surface area contributed by atoms with Crippen LogP contribution in [0.4, 0.5) is 0 Å². The van der Waals surface area contributed by atoms with Crippen molar-refractivity contribution in [2.24, 2.45) is 11.8 Å². The molecule has 0 aromatic heterocycles. The molecule has 0 nitrogen and oxygen atoms in total. The molecule has 1 saturated heterocycles. The lowest BCUT2D eigenvalue weighted by atomic mass is 9.80. The van der Waals surface area contributed by atoms with E-state index in [0.29, 0.717) is 0 Å². The largest absolute Gasteiger partial charge is 0.161 e. The predicted octanol–water partition coefficient (Wildman–Crippen LogP) is 2.71. The second-order valence-corrected chi connectivity index (χ2v) is 4.63. The van der Waals surface area contributed by atoms with Gasteiger partial charge < -0.3 is 0 Å². The van der Waals surface area contributed by atoms with Crippen molar-refractivity contribution in [1.82, 2.24) is 0 Å². The van der Waals surface area contributed by atoms with Crippen LogP contribution in [0, 0.1) is 11.8 Å². The van der Waals surface area contributed by atoms with Gasteiger partial charge in [0, 0.05) is 0 Å². The van der Waals surface area contributed by atoms with Crippen LogP contribution in [0.3, 0.4) is 0 Å². The molecule has 0 aromatic rings. The van der Waals surface area contributed by atoms with Crippen LogP contribution >= 0.6 is 11.8 Å². The van der Waals surface area contributed by atoms with Gasteiger partial charge in [-0.1, -0.05) is 12.2 Å². The van der Waals surface area contributed by atoms with Gasteiger partial charge in [-0.15, -0.1) is 0 Å². The van der Waals surface area contributed by atoms with Crippen molar-refractivity contribution in [3.8, 4) is 0 Å². The maximum Gasteiger partial charge on any atom is -0.00330 e. The second kappa shape index (κ2) is 2.61. The Hall–Kier alpha value is 0.0900. The van der Waals surface area contributed by atoms with Gasteiger partial charge in [0.25, 0.3) is 0 Å². The smallest absolute Gasteiger partial charge is 0.00330 e. The summed E-state index contributed by atoms with van der Waals surface area (Å²) >= 11 is 2.14. The third-order valence-electron chi connectivity index (χ3n) is 2.75. The van der Waals surface area contributed by atoms with Crippen LogP contribution in [0.1, 0.15) is 19.3 Å². The third-order valence-corrected chi connectivity index (χ3v) is 4.08. The van der Waals surface area contributed by atoms with Gasteiger partial charge >= 0.3 is 0 Å². The molecule has 0 N–H and O–H groups in total. The van der Waals surface area contributed by atoms with Gasteiger partial charge in [-0.2, -0.15) is 11.8 Å². The Morgan fingerprint density at radius 1 is 1.30 bits per heavy atom. The van der Waals surface area contributed by atoms with Crippen LogP contribution in [-0.2, 0) is 0 Å². The Morgan fingerprint density at radius 2 is 2.10 bits per heavy atom. The molecule has 1 saturated carbocycles. The molecule has 2 aliphatic rings. The molecule has 2 unspecified atom stereocenters. The highest BCUT2D eigenvalue weighted by molar-refractivity contribution is 7.99. The fourth-order valence-corrected chi connectivity index (χ4v) is 3.62. The summed E-state index contributed by atoms with van der Waals surface area (Å²) < 4.78 is 0. The Balaban J connectivity index is 2.03. The summed E-state index contributed by atoms with van der Waals surface area (Å²) in [6.45, 7) is 4.07. The summed E-state index contributed by atoms with van der Waals surface area (Å²) in [5, 5.41) is 0. The van der Waals surface area contributed by atoms with Crippen molar-refractivity contribution >= 4 is 11.8 Å². The topological polar surface area (TPSA) is 0 Å². The number of fused-ring (bicyclic) bond motifs is 1. The lowest BCUT2D eigenvalue weighted by Gasteiger charge is -2.25. The van der Waals surface area contributed by atoms with Crippen molar-refractivity contribution in [1.29, 1.82) is 0 Å². The highest BCUT2D eigenvalue weighted by Gasteiger charge is 2.30. The zero-order valence-corrected chi connectivity index (χ0v) is 7.12. The van der Waals surface area contributed by atoms with Gasteiger partial charge in [0.05, 0.1) is 0 Å². The number of hydrogen-bond donors (Lipinski definition) is 0. The molecule has 0 radical (unpaired) electrons. The molecule has 1 aliphatic carbocycles. The van der Waals surface area contributed by atoms with Crippen LogP contribution in [0.15, 0.2) is 12.2 Å². The summed E-state index contributed by atoms with van der Waals surface area (Å²) in [6, 6.07) is 0. The molecule has 2 atom stereocenters. The Morgan fingerprint density at radius 3 is 3.00 bits per heavy atom. The van der Waals surface area contributed by atoms with Gasteiger partial charge in [0.15, 0.2) is 0 Å². The van der Waals surface area contributed by atoms with E-state index in [1.54, 1.807) is 0 Å². The van der Waals surface area contributed by atoms with Crippen LogP contribution in [0.5, 0.6) is 0 Å². The summed E-state index contributed by atoms with van der Waals surface area (Å²) in [4.78, 5) is 0. The predicted molar refractivity (Wildman–Crippen MR) is 47.3 cm³/mol. The standard InChI is InChI=1S/C9H14S/c1-7-2-3-8-5-10-6-9(8)4-7/h8-9H,1-6H2. The van der Waals surface area contributed by atoms with Gasteiger partial charge in [0.1, 0.15) is 0 Å². The molecule has 10 heavy (non-hydrogen) atoms. The van der Waals surface area contributed by atoms with E-state index in [9.17, 15) is 0 Å². The van der Waals surface area contributed by atoms with Gasteiger partial charge in [0.2, 0.25) is 0 Å². The Kier molecular flexibility index (Phi) is 1.77. The van der Waals surface area contributed by atoms with Gasteiger partial charge in [-0.05, 0) is 42.6 Å². The average Bonchev–Trinajstić information content (AvgIpc) is 2.33. The Bertz CT molecular complexity index is 151. The van der Waals surface area contributed by atoms with Gasteiger partial charge in [-0.3, -0.25) is 0 Å². The Labute approximate surface area is 67.1 Å². The lowest BCUT2D eigenvalue weighted by Crippen LogP contribution is -2.17.